The third kappa shape index (κ3) is 2.92. The number of rotatable bonds is 2. The molecule has 0 unspecified atom stereocenters. The third-order valence-electron chi connectivity index (χ3n) is 4.11. The maximum absolute atomic E-state index is 12.3. The number of aliphatic imine (C=N–C) groups is 1. The van der Waals surface area contributed by atoms with Gasteiger partial charge in [0.15, 0.2) is 17.2 Å². The molecule has 0 saturated carbocycles. The first-order valence-corrected chi connectivity index (χ1v) is 9.87. The Morgan fingerprint density at radius 2 is 2.00 bits per heavy atom. The maximum Gasteiger partial charge on any atom is 0.363 e. The lowest BCUT2D eigenvalue weighted by Crippen LogP contribution is -2.04. The second-order valence-electron chi connectivity index (χ2n) is 5.83. The van der Waals surface area contributed by atoms with Gasteiger partial charge in [-0.05, 0) is 35.9 Å². The number of halogens is 2. The zero-order chi connectivity index (χ0) is 18.5. The van der Waals surface area contributed by atoms with Crippen molar-refractivity contribution in [2.24, 2.45) is 4.99 Å². The molecule has 2 aliphatic rings. The van der Waals surface area contributed by atoms with Crippen molar-refractivity contribution in [2.45, 2.75) is 0 Å². The van der Waals surface area contributed by atoms with Crippen molar-refractivity contribution in [3.63, 3.8) is 0 Å². The average molecular weight is 463 g/mol. The van der Waals surface area contributed by atoms with Gasteiger partial charge in [0.25, 0.3) is 0 Å². The van der Waals surface area contributed by atoms with Gasteiger partial charge in [0, 0.05) is 14.6 Å². The van der Waals surface area contributed by atoms with E-state index in [4.69, 9.17) is 25.8 Å². The summed E-state index contributed by atoms with van der Waals surface area (Å²) in [5.41, 5.74) is 0.973. The number of carbonyl (C=O) groups is 1. The maximum atomic E-state index is 12.3. The molecule has 3 aromatic rings. The van der Waals surface area contributed by atoms with Gasteiger partial charge in [-0.3, -0.25) is 0 Å². The lowest BCUT2D eigenvalue weighted by molar-refractivity contribution is -0.129. The van der Waals surface area contributed by atoms with Crippen molar-refractivity contribution in [2.75, 3.05) is 6.79 Å². The van der Waals surface area contributed by atoms with Crippen LogP contribution >= 0.6 is 38.9 Å². The van der Waals surface area contributed by atoms with Gasteiger partial charge in [-0.2, -0.15) is 0 Å². The minimum Gasteiger partial charge on any atom is -0.454 e. The number of esters is 1. The normalized spacial score (nSPS) is 16.9. The zero-order valence-electron chi connectivity index (χ0n) is 13.5. The molecule has 3 heterocycles. The molecular weight excluding hydrogens is 454 g/mol. The van der Waals surface area contributed by atoms with Crippen molar-refractivity contribution in [1.29, 1.82) is 0 Å². The summed E-state index contributed by atoms with van der Waals surface area (Å²) < 4.78 is 17.9. The first-order valence-electron chi connectivity index (χ1n) is 7.88. The Labute approximate surface area is 171 Å². The number of hydrogen-bond donors (Lipinski definition) is 0. The standard InChI is InChI=1S/C19H9BrClNO4S/c20-10-2-3-11-15(7-10)27-17(16(11)21)18-22-12(19(23)26-18)5-9-1-4-13-14(6-9)25-8-24-13/h1-7H,8H2/b12-5+. The summed E-state index contributed by atoms with van der Waals surface area (Å²) >= 11 is 11.4. The summed E-state index contributed by atoms with van der Waals surface area (Å²) in [6, 6.07) is 11.2. The lowest BCUT2D eigenvalue weighted by Gasteiger charge is -1.97. The number of benzene rings is 2. The molecular formula is C19H9BrClNO4S. The number of ether oxygens (including phenoxy) is 3. The molecule has 0 bridgehead atoms. The molecule has 134 valence electrons. The van der Waals surface area contributed by atoms with Crippen LogP contribution in [0.1, 0.15) is 10.4 Å². The highest BCUT2D eigenvalue weighted by atomic mass is 79.9. The number of hydrogen-bond acceptors (Lipinski definition) is 6. The van der Waals surface area contributed by atoms with Crippen molar-refractivity contribution < 1.29 is 19.0 Å². The largest absolute Gasteiger partial charge is 0.454 e. The molecule has 0 saturated heterocycles. The smallest absolute Gasteiger partial charge is 0.363 e. The number of fused-ring (bicyclic) bond motifs is 2. The molecule has 0 fully saturated rings. The molecule has 27 heavy (non-hydrogen) atoms. The molecule has 8 heteroatoms. The second-order valence-corrected chi connectivity index (χ2v) is 8.18. The number of carbonyl (C=O) groups excluding carboxylic acids is 1. The van der Waals surface area contributed by atoms with E-state index in [2.05, 4.69) is 20.9 Å². The van der Waals surface area contributed by atoms with Gasteiger partial charge in [0.1, 0.15) is 4.88 Å². The molecule has 5 nitrogen and oxygen atoms in total. The van der Waals surface area contributed by atoms with Gasteiger partial charge in [0.05, 0.1) is 5.02 Å². The zero-order valence-corrected chi connectivity index (χ0v) is 16.7. The van der Waals surface area contributed by atoms with E-state index in [0.29, 0.717) is 21.4 Å². The van der Waals surface area contributed by atoms with E-state index in [-0.39, 0.29) is 18.4 Å². The van der Waals surface area contributed by atoms with E-state index < -0.39 is 5.97 Å². The van der Waals surface area contributed by atoms with E-state index in [9.17, 15) is 4.79 Å². The molecule has 0 atom stereocenters. The quantitative estimate of drug-likeness (QED) is 0.378. The number of nitrogens with zero attached hydrogens (tertiary/aromatic N) is 1. The van der Waals surface area contributed by atoms with Crippen LogP contribution in [0.5, 0.6) is 11.5 Å². The second kappa shape index (κ2) is 6.37. The monoisotopic (exact) mass is 461 g/mol. The Hall–Kier alpha value is -2.35. The highest BCUT2D eigenvalue weighted by molar-refractivity contribution is 9.10. The van der Waals surface area contributed by atoms with E-state index in [0.717, 1.165) is 20.1 Å². The summed E-state index contributed by atoms with van der Waals surface area (Å²) in [4.78, 5) is 17.3. The minimum absolute atomic E-state index is 0.195. The topological polar surface area (TPSA) is 57.1 Å². The summed E-state index contributed by atoms with van der Waals surface area (Å²) in [6.45, 7) is 0.195. The highest BCUT2D eigenvalue weighted by Crippen LogP contribution is 2.39. The summed E-state index contributed by atoms with van der Waals surface area (Å²) in [5.74, 6) is 1.02. The van der Waals surface area contributed by atoms with Crippen molar-refractivity contribution in [3.8, 4) is 11.5 Å². The molecule has 0 spiro atoms. The van der Waals surface area contributed by atoms with Crippen LogP contribution in [0.15, 0.2) is 51.6 Å². The van der Waals surface area contributed by atoms with Crippen molar-refractivity contribution >= 4 is 66.9 Å². The van der Waals surface area contributed by atoms with Crippen molar-refractivity contribution in [1.82, 2.24) is 0 Å². The van der Waals surface area contributed by atoms with Gasteiger partial charge in [0.2, 0.25) is 12.7 Å². The van der Waals surface area contributed by atoms with Crippen LogP contribution in [0.3, 0.4) is 0 Å². The van der Waals surface area contributed by atoms with Gasteiger partial charge in [-0.15, -0.1) is 11.3 Å². The predicted octanol–water partition coefficient (Wildman–Crippen LogP) is 5.39. The summed E-state index contributed by atoms with van der Waals surface area (Å²) in [6.07, 6.45) is 1.65. The molecule has 0 N–H and O–H groups in total. The summed E-state index contributed by atoms with van der Waals surface area (Å²) in [7, 11) is 0. The van der Waals surface area contributed by atoms with E-state index in [1.807, 2.05) is 24.3 Å². The fraction of sp³-hybridized carbons (Fsp3) is 0.0526. The van der Waals surface area contributed by atoms with Gasteiger partial charge in [-0.25, -0.2) is 9.79 Å². The summed E-state index contributed by atoms with van der Waals surface area (Å²) in [5, 5.41) is 1.42. The van der Waals surface area contributed by atoms with Crippen molar-refractivity contribution in [3.05, 3.63) is 62.0 Å². The SMILES string of the molecule is O=C1OC(c2sc3cc(Br)ccc3c2Cl)=N/C1=C/c1ccc2c(c1)OCO2. The van der Waals surface area contributed by atoms with Gasteiger partial charge >= 0.3 is 5.97 Å². The van der Waals surface area contributed by atoms with Crippen LogP contribution in [-0.4, -0.2) is 18.7 Å². The number of cyclic esters (lactones) is 1. The van der Waals surface area contributed by atoms with Crippen LogP contribution in [0.25, 0.3) is 16.2 Å². The highest BCUT2D eigenvalue weighted by Gasteiger charge is 2.28. The molecule has 0 aliphatic carbocycles. The molecule has 2 aromatic carbocycles. The van der Waals surface area contributed by atoms with Crippen LogP contribution < -0.4 is 9.47 Å². The van der Waals surface area contributed by atoms with E-state index in [1.165, 1.54) is 11.3 Å². The van der Waals surface area contributed by atoms with Crippen LogP contribution in [-0.2, 0) is 9.53 Å². The Bertz CT molecular complexity index is 1180. The molecule has 0 radical (unpaired) electrons. The van der Waals surface area contributed by atoms with Gasteiger partial charge < -0.3 is 14.2 Å². The van der Waals surface area contributed by atoms with Gasteiger partial charge in [-0.1, -0.05) is 39.7 Å². The predicted molar refractivity (Wildman–Crippen MR) is 108 cm³/mol. The lowest BCUT2D eigenvalue weighted by atomic mass is 10.1. The molecule has 5 rings (SSSR count). The van der Waals surface area contributed by atoms with E-state index in [1.54, 1.807) is 18.2 Å². The van der Waals surface area contributed by atoms with Crippen LogP contribution in [0, 0.1) is 0 Å². The van der Waals surface area contributed by atoms with E-state index >= 15 is 0 Å². The van der Waals surface area contributed by atoms with Crippen LogP contribution in [0.4, 0.5) is 0 Å². The van der Waals surface area contributed by atoms with Crippen LogP contribution in [0.2, 0.25) is 5.02 Å². The molecule has 0 amide bonds. The number of thiophene rings is 1. The first kappa shape index (κ1) is 16.8. The first-order chi connectivity index (χ1) is 13.1. The fourth-order valence-electron chi connectivity index (χ4n) is 2.84. The Morgan fingerprint density at radius 1 is 1.15 bits per heavy atom. The molecule has 2 aliphatic heterocycles. The Balaban J connectivity index is 1.54. The Kier molecular flexibility index (Phi) is 3.96. The Morgan fingerprint density at radius 3 is 2.89 bits per heavy atom. The minimum atomic E-state index is -0.516. The third-order valence-corrected chi connectivity index (χ3v) is 6.24. The molecule has 1 aromatic heterocycles. The average Bonchev–Trinajstić information content (AvgIpc) is 3.33. The fourth-order valence-corrected chi connectivity index (χ4v) is 4.83.